The lowest BCUT2D eigenvalue weighted by Gasteiger charge is -2.04. The Bertz CT molecular complexity index is 1360. The largest absolute Gasteiger partial charge is 0.438 e. The SMILES string of the molecule is Cc1ccc(N=c2oc3ccccc3cc2-c2nc3ccccc3[nH]2)cc1C. The average molecular weight is 365 g/mol. The first-order valence-electron chi connectivity index (χ1n) is 9.27. The molecule has 0 saturated carbocycles. The topological polar surface area (TPSA) is 54.2 Å². The van der Waals surface area contributed by atoms with E-state index in [1.807, 2.05) is 54.6 Å². The Balaban J connectivity index is 1.80. The Morgan fingerprint density at radius 2 is 1.68 bits per heavy atom. The maximum absolute atomic E-state index is 6.19. The highest BCUT2D eigenvalue weighted by Crippen LogP contribution is 2.23. The Labute approximate surface area is 162 Å². The molecule has 4 heteroatoms. The van der Waals surface area contributed by atoms with Crippen molar-refractivity contribution in [3.63, 3.8) is 0 Å². The van der Waals surface area contributed by atoms with Gasteiger partial charge in [-0.1, -0.05) is 36.4 Å². The van der Waals surface area contributed by atoms with Crippen molar-refractivity contribution in [2.24, 2.45) is 4.99 Å². The van der Waals surface area contributed by atoms with Crippen LogP contribution in [-0.2, 0) is 0 Å². The number of H-pyrrole nitrogens is 1. The third-order valence-corrected chi connectivity index (χ3v) is 5.02. The Hall–Kier alpha value is -3.66. The number of para-hydroxylation sites is 3. The normalized spacial score (nSPS) is 12.1. The minimum Gasteiger partial charge on any atom is -0.438 e. The molecule has 0 bridgehead atoms. The van der Waals surface area contributed by atoms with Gasteiger partial charge in [-0.3, -0.25) is 0 Å². The summed E-state index contributed by atoms with van der Waals surface area (Å²) in [6, 6.07) is 24.2. The zero-order chi connectivity index (χ0) is 19.1. The Morgan fingerprint density at radius 3 is 2.54 bits per heavy atom. The van der Waals surface area contributed by atoms with Crippen molar-refractivity contribution >= 4 is 27.7 Å². The minimum atomic E-state index is 0.543. The number of benzene rings is 3. The molecule has 0 aliphatic rings. The molecule has 0 aliphatic heterocycles. The summed E-state index contributed by atoms with van der Waals surface area (Å²) in [5, 5.41) is 1.01. The molecule has 28 heavy (non-hydrogen) atoms. The minimum absolute atomic E-state index is 0.543. The highest BCUT2D eigenvalue weighted by atomic mass is 16.3. The lowest BCUT2D eigenvalue weighted by Crippen LogP contribution is -2.06. The van der Waals surface area contributed by atoms with Gasteiger partial charge in [0.2, 0.25) is 5.55 Å². The van der Waals surface area contributed by atoms with Crippen molar-refractivity contribution in [3.05, 3.63) is 89.5 Å². The van der Waals surface area contributed by atoms with Crippen molar-refractivity contribution < 1.29 is 4.42 Å². The van der Waals surface area contributed by atoms with Crippen LogP contribution in [0.2, 0.25) is 0 Å². The number of aromatic nitrogens is 2. The summed E-state index contributed by atoms with van der Waals surface area (Å²) >= 11 is 0. The summed E-state index contributed by atoms with van der Waals surface area (Å²) in [6.07, 6.45) is 0. The highest BCUT2D eigenvalue weighted by Gasteiger charge is 2.11. The Morgan fingerprint density at radius 1 is 0.857 bits per heavy atom. The second kappa shape index (κ2) is 6.50. The molecule has 0 spiro atoms. The maximum Gasteiger partial charge on any atom is 0.230 e. The number of aromatic amines is 1. The third-order valence-electron chi connectivity index (χ3n) is 5.02. The lowest BCUT2D eigenvalue weighted by molar-refractivity contribution is 0.547. The fourth-order valence-electron chi connectivity index (χ4n) is 3.31. The second-order valence-corrected chi connectivity index (χ2v) is 6.99. The predicted molar refractivity (Wildman–Crippen MR) is 112 cm³/mol. The fourth-order valence-corrected chi connectivity index (χ4v) is 3.31. The van der Waals surface area contributed by atoms with E-state index in [2.05, 4.69) is 37.0 Å². The highest BCUT2D eigenvalue weighted by molar-refractivity contribution is 5.83. The van der Waals surface area contributed by atoms with Crippen molar-refractivity contribution in [1.29, 1.82) is 0 Å². The Kier molecular flexibility index (Phi) is 3.83. The quantitative estimate of drug-likeness (QED) is 0.428. The molecule has 0 unspecified atom stereocenters. The number of nitrogens with zero attached hydrogens (tertiary/aromatic N) is 2. The van der Waals surface area contributed by atoms with E-state index in [0.717, 1.165) is 39.1 Å². The zero-order valence-electron chi connectivity index (χ0n) is 15.7. The van der Waals surface area contributed by atoms with Crippen LogP contribution < -0.4 is 5.55 Å². The molecule has 3 aromatic carbocycles. The molecule has 1 N–H and O–H groups in total. The van der Waals surface area contributed by atoms with Crippen LogP contribution in [0.5, 0.6) is 0 Å². The van der Waals surface area contributed by atoms with E-state index in [4.69, 9.17) is 14.4 Å². The van der Waals surface area contributed by atoms with Crippen molar-refractivity contribution in [3.8, 4) is 11.4 Å². The molecule has 0 saturated heterocycles. The van der Waals surface area contributed by atoms with E-state index in [1.54, 1.807) is 0 Å². The summed E-state index contributed by atoms with van der Waals surface area (Å²) in [5.41, 5.74) is 7.39. The van der Waals surface area contributed by atoms with Crippen LogP contribution >= 0.6 is 0 Å². The maximum atomic E-state index is 6.19. The van der Waals surface area contributed by atoms with E-state index in [0.29, 0.717) is 5.55 Å². The summed E-state index contributed by atoms with van der Waals surface area (Å²) in [4.78, 5) is 13.0. The van der Waals surface area contributed by atoms with Crippen molar-refractivity contribution in [2.75, 3.05) is 0 Å². The number of aryl methyl sites for hydroxylation is 2. The van der Waals surface area contributed by atoms with Crippen LogP contribution in [0.1, 0.15) is 11.1 Å². The number of hydrogen-bond donors (Lipinski definition) is 1. The van der Waals surface area contributed by atoms with Crippen LogP contribution in [-0.4, -0.2) is 9.97 Å². The van der Waals surface area contributed by atoms with Crippen molar-refractivity contribution in [2.45, 2.75) is 13.8 Å². The molecular formula is C24H19N3O. The van der Waals surface area contributed by atoms with Gasteiger partial charge in [-0.05, 0) is 61.4 Å². The monoisotopic (exact) mass is 365 g/mol. The third kappa shape index (κ3) is 2.89. The van der Waals surface area contributed by atoms with Gasteiger partial charge in [0, 0.05) is 5.39 Å². The second-order valence-electron chi connectivity index (χ2n) is 6.99. The number of hydrogen-bond acceptors (Lipinski definition) is 3. The standard InChI is InChI=1S/C24H19N3O/c1-15-11-12-18(13-16(15)2)25-24-19(14-17-7-3-6-10-22(17)28-24)23-26-20-8-4-5-9-21(20)27-23/h3-14H,1-2H3,(H,26,27). The summed E-state index contributed by atoms with van der Waals surface area (Å²) in [5.74, 6) is 0.748. The van der Waals surface area contributed by atoms with Crippen LogP contribution in [0.4, 0.5) is 5.69 Å². The summed E-state index contributed by atoms with van der Waals surface area (Å²) in [7, 11) is 0. The van der Waals surface area contributed by atoms with Gasteiger partial charge in [-0.15, -0.1) is 0 Å². The summed E-state index contributed by atoms with van der Waals surface area (Å²) in [6.45, 7) is 4.19. The van der Waals surface area contributed by atoms with Gasteiger partial charge in [0.25, 0.3) is 0 Å². The molecule has 0 fully saturated rings. The first-order valence-corrected chi connectivity index (χ1v) is 9.27. The van der Waals surface area contributed by atoms with E-state index in [-0.39, 0.29) is 0 Å². The van der Waals surface area contributed by atoms with E-state index in [9.17, 15) is 0 Å². The van der Waals surface area contributed by atoms with Crippen molar-refractivity contribution in [1.82, 2.24) is 9.97 Å². The van der Waals surface area contributed by atoms with Gasteiger partial charge in [0.1, 0.15) is 11.4 Å². The van der Waals surface area contributed by atoms with Gasteiger partial charge in [0.05, 0.1) is 22.3 Å². The molecular weight excluding hydrogens is 346 g/mol. The number of fused-ring (bicyclic) bond motifs is 2. The molecule has 0 atom stereocenters. The molecule has 0 radical (unpaired) electrons. The van der Waals surface area contributed by atoms with E-state index >= 15 is 0 Å². The first kappa shape index (κ1) is 16.5. The zero-order valence-corrected chi connectivity index (χ0v) is 15.7. The van der Waals surface area contributed by atoms with E-state index in [1.165, 1.54) is 11.1 Å². The predicted octanol–water partition coefficient (Wildman–Crippen LogP) is 5.83. The number of imidazole rings is 1. The molecule has 5 rings (SSSR count). The molecule has 2 aromatic heterocycles. The average Bonchev–Trinajstić information content (AvgIpc) is 3.14. The molecule has 0 aliphatic carbocycles. The van der Waals surface area contributed by atoms with Gasteiger partial charge in [-0.2, -0.15) is 0 Å². The fraction of sp³-hybridized carbons (Fsp3) is 0.0833. The van der Waals surface area contributed by atoms with Gasteiger partial charge >= 0.3 is 0 Å². The molecule has 5 aromatic rings. The molecule has 0 amide bonds. The van der Waals surface area contributed by atoms with Crippen LogP contribution in [0.25, 0.3) is 33.4 Å². The van der Waals surface area contributed by atoms with Gasteiger partial charge < -0.3 is 9.40 Å². The molecule has 136 valence electrons. The number of nitrogens with one attached hydrogen (secondary N) is 1. The smallest absolute Gasteiger partial charge is 0.230 e. The van der Waals surface area contributed by atoms with E-state index < -0.39 is 0 Å². The van der Waals surface area contributed by atoms with Crippen LogP contribution in [0, 0.1) is 13.8 Å². The number of rotatable bonds is 2. The van der Waals surface area contributed by atoms with Gasteiger partial charge in [0.15, 0.2) is 0 Å². The van der Waals surface area contributed by atoms with Crippen LogP contribution in [0.15, 0.2) is 82.2 Å². The first-order chi connectivity index (χ1) is 13.7. The summed E-state index contributed by atoms with van der Waals surface area (Å²) < 4.78 is 6.19. The molecule has 2 heterocycles. The van der Waals surface area contributed by atoms with Gasteiger partial charge in [-0.25, -0.2) is 9.98 Å². The lowest BCUT2D eigenvalue weighted by atomic mass is 10.1. The van der Waals surface area contributed by atoms with Crippen LogP contribution in [0.3, 0.4) is 0 Å². The molecule has 4 nitrogen and oxygen atoms in total.